The highest BCUT2D eigenvalue weighted by Crippen LogP contribution is 2.28. The number of anilines is 1. The number of para-hydroxylation sites is 1. The fourth-order valence-electron chi connectivity index (χ4n) is 3.01. The van der Waals surface area contributed by atoms with Gasteiger partial charge < -0.3 is 10.6 Å². The highest BCUT2D eigenvalue weighted by Gasteiger charge is 2.21. The zero-order valence-electron chi connectivity index (χ0n) is 12.0. The van der Waals surface area contributed by atoms with Crippen LogP contribution in [0.4, 0.5) is 5.69 Å². The van der Waals surface area contributed by atoms with E-state index in [2.05, 4.69) is 24.8 Å². The molecular formula is C16H25N3. The van der Waals surface area contributed by atoms with Gasteiger partial charge in [-0.25, -0.2) is 0 Å². The molecule has 1 atom stereocenters. The first kappa shape index (κ1) is 13.9. The molecule has 0 spiro atoms. The van der Waals surface area contributed by atoms with E-state index in [1.54, 1.807) is 0 Å². The van der Waals surface area contributed by atoms with Crippen LogP contribution in [0.1, 0.15) is 38.7 Å². The minimum atomic E-state index is 0.167. The summed E-state index contributed by atoms with van der Waals surface area (Å²) in [6.45, 7) is 6.80. The molecular weight excluding hydrogens is 234 g/mol. The van der Waals surface area contributed by atoms with Crippen molar-refractivity contribution in [2.45, 2.75) is 33.1 Å². The minimum absolute atomic E-state index is 0.167. The van der Waals surface area contributed by atoms with Gasteiger partial charge in [-0.2, -0.15) is 0 Å². The normalized spacial score (nSPS) is 20.4. The molecule has 3 nitrogen and oxygen atoms in total. The Morgan fingerprint density at radius 1 is 1.26 bits per heavy atom. The number of benzene rings is 1. The summed E-state index contributed by atoms with van der Waals surface area (Å²) in [7, 11) is 0. The minimum Gasteiger partial charge on any atom is -0.384 e. The van der Waals surface area contributed by atoms with Crippen LogP contribution >= 0.6 is 0 Å². The Morgan fingerprint density at radius 3 is 2.68 bits per heavy atom. The summed E-state index contributed by atoms with van der Waals surface area (Å²) in [6.07, 6.45) is 3.79. The van der Waals surface area contributed by atoms with Crippen LogP contribution in [0.5, 0.6) is 0 Å². The molecule has 0 amide bonds. The average molecular weight is 259 g/mol. The van der Waals surface area contributed by atoms with Gasteiger partial charge in [0.1, 0.15) is 5.84 Å². The molecule has 1 unspecified atom stereocenters. The molecule has 1 heterocycles. The van der Waals surface area contributed by atoms with E-state index in [0.717, 1.165) is 36.2 Å². The molecule has 1 aliphatic heterocycles. The molecule has 19 heavy (non-hydrogen) atoms. The largest absolute Gasteiger partial charge is 0.384 e. The average Bonchev–Trinajstić information content (AvgIpc) is 2.64. The number of hydrogen-bond acceptors (Lipinski definition) is 2. The van der Waals surface area contributed by atoms with E-state index in [1.165, 1.54) is 19.3 Å². The molecule has 1 aromatic carbocycles. The standard InChI is InChI=1S/C16H25N3/c1-12(2)13-6-5-10-19(11-9-13)15-8-4-3-7-14(15)16(17)18/h3-4,7-8,12-13H,5-6,9-11H2,1-2H3,(H3,17,18). The molecule has 0 aliphatic carbocycles. The molecule has 1 fully saturated rings. The van der Waals surface area contributed by atoms with Crippen LogP contribution < -0.4 is 10.6 Å². The van der Waals surface area contributed by atoms with Gasteiger partial charge in [0.25, 0.3) is 0 Å². The van der Waals surface area contributed by atoms with Gasteiger partial charge in [0.2, 0.25) is 0 Å². The molecule has 3 heteroatoms. The van der Waals surface area contributed by atoms with E-state index in [1.807, 2.05) is 18.2 Å². The number of nitrogen functional groups attached to an aromatic ring is 1. The molecule has 0 radical (unpaired) electrons. The Morgan fingerprint density at radius 2 is 2.00 bits per heavy atom. The van der Waals surface area contributed by atoms with Gasteiger partial charge in [0.15, 0.2) is 0 Å². The van der Waals surface area contributed by atoms with Crippen molar-refractivity contribution >= 4 is 11.5 Å². The van der Waals surface area contributed by atoms with E-state index in [-0.39, 0.29) is 5.84 Å². The van der Waals surface area contributed by atoms with Gasteiger partial charge in [0, 0.05) is 24.3 Å². The zero-order valence-corrected chi connectivity index (χ0v) is 12.0. The Hall–Kier alpha value is -1.51. The molecule has 1 saturated heterocycles. The summed E-state index contributed by atoms with van der Waals surface area (Å²) < 4.78 is 0. The molecule has 0 saturated carbocycles. The van der Waals surface area contributed by atoms with Crippen LogP contribution in [0.3, 0.4) is 0 Å². The van der Waals surface area contributed by atoms with Crippen LogP contribution in [0.15, 0.2) is 24.3 Å². The maximum absolute atomic E-state index is 7.71. The number of amidine groups is 1. The lowest BCUT2D eigenvalue weighted by Crippen LogP contribution is -2.27. The molecule has 2 rings (SSSR count). The second kappa shape index (κ2) is 6.09. The van der Waals surface area contributed by atoms with Crippen molar-refractivity contribution in [2.75, 3.05) is 18.0 Å². The maximum Gasteiger partial charge on any atom is 0.124 e. The number of nitrogens with two attached hydrogens (primary N) is 1. The van der Waals surface area contributed by atoms with Crippen molar-refractivity contribution in [1.29, 1.82) is 5.41 Å². The number of rotatable bonds is 3. The molecule has 3 N–H and O–H groups in total. The third kappa shape index (κ3) is 3.28. The summed E-state index contributed by atoms with van der Waals surface area (Å²) >= 11 is 0. The van der Waals surface area contributed by atoms with Crippen LogP contribution in [0.2, 0.25) is 0 Å². The van der Waals surface area contributed by atoms with Crippen molar-refractivity contribution in [2.24, 2.45) is 17.6 Å². The summed E-state index contributed by atoms with van der Waals surface area (Å²) in [5.41, 5.74) is 7.68. The van der Waals surface area contributed by atoms with Gasteiger partial charge in [-0.05, 0) is 43.2 Å². The number of hydrogen-bond donors (Lipinski definition) is 2. The SMILES string of the molecule is CC(C)C1CCCN(c2ccccc2C(=N)N)CC1. The summed E-state index contributed by atoms with van der Waals surface area (Å²) in [5, 5.41) is 7.71. The van der Waals surface area contributed by atoms with E-state index >= 15 is 0 Å². The maximum atomic E-state index is 7.71. The molecule has 104 valence electrons. The summed E-state index contributed by atoms with van der Waals surface area (Å²) in [4.78, 5) is 2.40. The fourth-order valence-corrected chi connectivity index (χ4v) is 3.01. The summed E-state index contributed by atoms with van der Waals surface area (Å²) in [5.74, 6) is 1.76. The lowest BCUT2D eigenvalue weighted by Gasteiger charge is -2.25. The number of nitrogens with one attached hydrogen (secondary N) is 1. The predicted octanol–water partition coefficient (Wildman–Crippen LogP) is 3.23. The monoisotopic (exact) mass is 259 g/mol. The quantitative estimate of drug-likeness (QED) is 0.647. The third-order valence-electron chi connectivity index (χ3n) is 4.25. The van der Waals surface area contributed by atoms with Crippen molar-refractivity contribution in [3.8, 4) is 0 Å². The van der Waals surface area contributed by atoms with Gasteiger partial charge in [-0.3, -0.25) is 5.41 Å². The zero-order chi connectivity index (χ0) is 13.8. The van der Waals surface area contributed by atoms with Crippen LogP contribution in [0.25, 0.3) is 0 Å². The van der Waals surface area contributed by atoms with Crippen molar-refractivity contribution in [3.05, 3.63) is 29.8 Å². The third-order valence-corrected chi connectivity index (χ3v) is 4.25. The van der Waals surface area contributed by atoms with Crippen LogP contribution in [0, 0.1) is 17.2 Å². The van der Waals surface area contributed by atoms with Crippen molar-refractivity contribution < 1.29 is 0 Å². The first-order chi connectivity index (χ1) is 9.09. The van der Waals surface area contributed by atoms with E-state index in [4.69, 9.17) is 11.1 Å². The van der Waals surface area contributed by atoms with Gasteiger partial charge in [0.05, 0.1) is 0 Å². The second-order valence-electron chi connectivity index (χ2n) is 5.85. The molecule has 0 aromatic heterocycles. The highest BCUT2D eigenvalue weighted by molar-refractivity contribution is 6.00. The Bertz CT molecular complexity index is 439. The van der Waals surface area contributed by atoms with Crippen molar-refractivity contribution in [3.63, 3.8) is 0 Å². The summed E-state index contributed by atoms with van der Waals surface area (Å²) in [6, 6.07) is 8.02. The fraction of sp³-hybridized carbons (Fsp3) is 0.562. The van der Waals surface area contributed by atoms with E-state index in [9.17, 15) is 0 Å². The predicted molar refractivity (Wildman–Crippen MR) is 81.9 cm³/mol. The molecule has 0 bridgehead atoms. The first-order valence-electron chi connectivity index (χ1n) is 7.28. The lowest BCUT2D eigenvalue weighted by molar-refractivity contribution is 0.351. The van der Waals surface area contributed by atoms with Gasteiger partial charge >= 0.3 is 0 Å². The van der Waals surface area contributed by atoms with Gasteiger partial charge in [-0.15, -0.1) is 0 Å². The highest BCUT2D eigenvalue weighted by atomic mass is 15.1. The molecule has 1 aliphatic rings. The first-order valence-corrected chi connectivity index (χ1v) is 7.28. The van der Waals surface area contributed by atoms with Crippen LogP contribution in [-0.2, 0) is 0 Å². The Balaban J connectivity index is 2.16. The van der Waals surface area contributed by atoms with Crippen molar-refractivity contribution in [1.82, 2.24) is 0 Å². The van der Waals surface area contributed by atoms with Gasteiger partial charge in [-0.1, -0.05) is 26.0 Å². The van der Waals surface area contributed by atoms with E-state index < -0.39 is 0 Å². The number of nitrogens with zero attached hydrogens (tertiary/aromatic N) is 1. The second-order valence-corrected chi connectivity index (χ2v) is 5.85. The molecule has 1 aromatic rings. The smallest absolute Gasteiger partial charge is 0.124 e. The van der Waals surface area contributed by atoms with E-state index in [0.29, 0.717) is 0 Å². The topological polar surface area (TPSA) is 53.1 Å². The Kier molecular flexibility index (Phi) is 4.46. The lowest BCUT2D eigenvalue weighted by atomic mass is 9.89. The Labute approximate surface area is 116 Å². The van der Waals surface area contributed by atoms with Crippen LogP contribution in [-0.4, -0.2) is 18.9 Å².